The van der Waals surface area contributed by atoms with Gasteiger partial charge in [0.25, 0.3) is 0 Å². The van der Waals surface area contributed by atoms with Crippen LogP contribution in [0.5, 0.6) is 0 Å². The molecule has 0 radical (unpaired) electrons. The number of hydrogen-bond acceptors (Lipinski definition) is 2. The van der Waals surface area contributed by atoms with E-state index >= 15 is 0 Å². The Labute approximate surface area is 173 Å². The standard InChI is InChI=1S/C26H27N3/c1-20-14-16-23(17-15-20)26(2,3)25-28-27-24(22-12-8-5-9-13-22)29(25)19-18-21-10-6-4-7-11-21/h4-17H,18-19H2,1-3H3. The maximum atomic E-state index is 4.69. The molecule has 29 heavy (non-hydrogen) atoms. The van der Waals surface area contributed by atoms with Crippen molar-refractivity contribution in [1.29, 1.82) is 0 Å². The molecule has 0 aliphatic heterocycles. The summed E-state index contributed by atoms with van der Waals surface area (Å²) in [6.07, 6.45) is 0.940. The largest absolute Gasteiger partial charge is 0.310 e. The van der Waals surface area contributed by atoms with Crippen molar-refractivity contribution in [1.82, 2.24) is 14.8 Å². The molecule has 0 saturated heterocycles. The van der Waals surface area contributed by atoms with Gasteiger partial charge in [0.05, 0.1) is 0 Å². The topological polar surface area (TPSA) is 30.7 Å². The fraction of sp³-hybridized carbons (Fsp3) is 0.231. The zero-order valence-corrected chi connectivity index (χ0v) is 17.3. The van der Waals surface area contributed by atoms with E-state index in [2.05, 4.69) is 114 Å². The van der Waals surface area contributed by atoms with Crippen molar-refractivity contribution in [2.45, 2.75) is 39.2 Å². The quantitative estimate of drug-likeness (QED) is 0.421. The molecule has 1 heterocycles. The van der Waals surface area contributed by atoms with Crippen molar-refractivity contribution in [3.63, 3.8) is 0 Å². The van der Waals surface area contributed by atoms with Crippen LogP contribution in [0, 0.1) is 6.92 Å². The Morgan fingerprint density at radius 1 is 0.759 bits per heavy atom. The highest BCUT2D eigenvalue weighted by molar-refractivity contribution is 5.55. The second-order valence-corrected chi connectivity index (χ2v) is 8.09. The van der Waals surface area contributed by atoms with E-state index in [0.29, 0.717) is 0 Å². The molecule has 0 saturated carbocycles. The van der Waals surface area contributed by atoms with Crippen LogP contribution in [0.25, 0.3) is 11.4 Å². The summed E-state index contributed by atoms with van der Waals surface area (Å²) < 4.78 is 2.29. The molecule has 0 unspecified atom stereocenters. The van der Waals surface area contributed by atoms with Gasteiger partial charge in [-0.1, -0.05) is 90.5 Å². The van der Waals surface area contributed by atoms with Crippen LogP contribution in [-0.2, 0) is 18.4 Å². The minimum Gasteiger partial charge on any atom is -0.310 e. The Kier molecular flexibility index (Phi) is 5.30. The van der Waals surface area contributed by atoms with E-state index in [4.69, 9.17) is 0 Å². The summed E-state index contributed by atoms with van der Waals surface area (Å²) in [5.41, 5.74) is 4.68. The van der Waals surface area contributed by atoms with Gasteiger partial charge in [-0.2, -0.15) is 0 Å². The first kappa shape index (κ1) is 19.1. The van der Waals surface area contributed by atoms with E-state index in [9.17, 15) is 0 Å². The smallest absolute Gasteiger partial charge is 0.163 e. The summed E-state index contributed by atoms with van der Waals surface area (Å²) in [6, 6.07) is 29.7. The molecule has 0 fully saturated rings. The molecule has 0 bridgehead atoms. The van der Waals surface area contributed by atoms with Gasteiger partial charge in [0.2, 0.25) is 0 Å². The second kappa shape index (κ2) is 8.04. The fourth-order valence-corrected chi connectivity index (χ4v) is 3.76. The lowest BCUT2D eigenvalue weighted by atomic mass is 9.83. The van der Waals surface area contributed by atoms with Crippen LogP contribution in [0.3, 0.4) is 0 Å². The Hall–Kier alpha value is -3.20. The van der Waals surface area contributed by atoms with E-state index < -0.39 is 0 Å². The van der Waals surface area contributed by atoms with Crippen molar-refractivity contribution >= 4 is 0 Å². The number of nitrogens with zero attached hydrogens (tertiary/aromatic N) is 3. The first-order chi connectivity index (χ1) is 14.1. The lowest BCUT2D eigenvalue weighted by Gasteiger charge is -2.26. The van der Waals surface area contributed by atoms with Gasteiger partial charge in [-0.05, 0) is 38.3 Å². The van der Waals surface area contributed by atoms with Crippen LogP contribution in [0.1, 0.15) is 36.4 Å². The van der Waals surface area contributed by atoms with Crippen molar-refractivity contribution in [3.05, 3.63) is 107 Å². The normalized spacial score (nSPS) is 11.6. The fourth-order valence-electron chi connectivity index (χ4n) is 3.76. The molecule has 3 aromatic carbocycles. The van der Waals surface area contributed by atoms with Crippen molar-refractivity contribution in [3.8, 4) is 11.4 Å². The van der Waals surface area contributed by atoms with Crippen LogP contribution in [0.2, 0.25) is 0 Å². The monoisotopic (exact) mass is 381 g/mol. The summed E-state index contributed by atoms with van der Waals surface area (Å²) in [5, 5.41) is 9.31. The van der Waals surface area contributed by atoms with Crippen LogP contribution < -0.4 is 0 Å². The van der Waals surface area contributed by atoms with E-state index in [1.54, 1.807) is 0 Å². The van der Waals surface area contributed by atoms with Gasteiger partial charge in [0, 0.05) is 17.5 Å². The highest BCUT2D eigenvalue weighted by Gasteiger charge is 2.30. The summed E-state index contributed by atoms with van der Waals surface area (Å²) >= 11 is 0. The highest BCUT2D eigenvalue weighted by Crippen LogP contribution is 2.33. The maximum absolute atomic E-state index is 4.69. The number of aromatic nitrogens is 3. The zero-order chi connectivity index (χ0) is 20.3. The molecule has 4 rings (SSSR count). The van der Waals surface area contributed by atoms with Crippen molar-refractivity contribution in [2.75, 3.05) is 0 Å². The lowest BCUT2D eigenvalue weighted by Crippen LogP contribution is -2.25. The van der Waals surface area contributed by atoms with E-state index in [1.807, 2.05) is 6.07 Å². The van der Waals surface area contributed by atoms with Crippen LogP contribution >= 0.6 is 0 Å². The molecule has 0 spiro atoms. The summed E-state index contributed by atoms with van der Waals surface area (Å²) in [7, 11) is 0. The summed E-state index contributed by atoms with van der Waals surface area (Å²) in [4.78, 5) is 0. The molecule has 0 amide bonds. The molecule has 1 aromatic heterocycles. The van der Waals surface area contributed by atoms with E-state index in [1.165, 1.54) is 16.7 Å². The van der Waals surface area contributed by atoms with Crippen LogP contribution in [0.4, 0.5) is 0 Å². The summed E-state index contributed by atoms with van der Waals surface area (Å²) in [5.74, 6) is 1.92. The minimum absolute atomic E-state index is 0.246. The van der Waals surface area contributed by atoms with Crippen LogP contribution in [0.15, 0.2) is 84.9 Å². The molecule has 146 valence electrons. The minimum atomic E-state index is -0.246. The Balaban J connectivity index is 1.77. The molecule has 0 atom stereocenters. The second-order valence-electron chi connectivity index (χ2n) is 8.09. The number of hydrogen-bond donors (Lipinski definition) is 0. The van der Waals surface area contributed by atoms with Gasteiger partial charge >= 0.3 is 0 Å². The van der Waals surface area contributed by atoms with Gasteiger partial charge in [-0.15, -0.1) is 10.2 Å². The maximum Gasteiger partial charge on any atom is 0.163 e. The third-order valence-corrected chi connectivity index (χ3v) is 5.58. The lowest BCUT2D eigenvalue weighted by molar-refractivity contribution is 0.530. The van der Waals surface area contributed by atoms with Gasteiger partial charge in [0.1, 0.15) is 5.82 Å². The number of aryl methyl sites for hydroxylation is 2. The third kappa shape index (κ3) is 4.00. The average Bonchev–Trinajstić information content (AvgIpc) is 3.19. The first-order valence-electron chi connectivity index (χ1n) is 10.2. The van der Waals surface area contributed by atoms with E-state index in [0.717, 1.165) is 30.2 Å². The first-order valence-corrected chi connectivity index (χ1v) is 10.2. The molecule has 4 aromatic rings. The SMILES string of the molecule is Cc1ccc(C(C)(C)c2nnc(-c3ccccc3)n2CCc2ccccc2)cc1. The molecule has 0 aliphatic rings. The van der Waals surface area contributed by atoms with Gasteiger partial charge in [0.15, 0.2) is 5.82 Å². The average molecular weight is 382 g/mol. The predicted octanol–water partition coefficient (Wildman–Crippen LogP) is 5.82. The number of benzene rings is 3. The zero-order valence-electron chi connectivity index (χ0n) is 17.3. The van der Waals surface area contributed by atoms with Crippen molar-refractivity contribution in [2.24, 2.45) is 0 Å². The molecular weight excluding hydrogens is 354 g/mol. The Bertz CT molecular complexity index is 1060. The Morgan fingerprint density at radius 3 is 2.03 bits per heavy atom. The molecule has 0 aliphatic carbocycles. The molecule has 3 heteroatoms. The van der Waals surface area contributed by atoms with Crippen LogP contribution in [-0.4, -0.2) is 14.8 Å². The highest BCUT2D eigenvalue weighted by atomic mass is 15.3. The van der Waals surface area contributed by atoms with Crippen molar-refractivity contribution < 1.29 is 0 Å². The number of rotatable bonds is 6. The predicted molar refractivity (Wildman–Crippen MR) is 119 cm³/mol. The Morgan fingerprint density at radius 2 is 1.38 bits per heavy atom. The van der Waals surface area contributed by atoms with E-state index in [-0.39, 0.29) is 5.41 Å². The van der Waals surface area contributed by atoms with Gasteiger partial charge in [-0.3, -0.25) is 0 Å². The van der Waals surface area contributed by atoms with Gasteiger partial charge < -0.3 is 4.57 Å². The molecular formula is C26H27N3. The van der Waals surface area contributed by atoms with Gasteiger partial charge in [-0.25, -0.2) is 0 Å². The summed E-state index contributed by atoms with van der Waals surface area (Å²) in [6.45, 7) is 7.42. The molecule has 3 nitrogen and oxygen atoms in total. The molecule has 0 N–H and O–H groups in total. The third-order valence-electron chi connectivity index (χ3n) is 5.58.